The van der Waals surface area contributed by atoms with Crippen molar-refractivity contribution in [2.45, 2.75) is 31.8 Å². The molecule has 1 aromatic carbocycles. The van der Waals surface area contributed by atoms with Crippen molar-refractivity contribution in [2.75, 3.05) is 13.1 Å². The van der Waals surface area contributed by atoms with E-state index in [1.165, 1.54) is 17.4 Å². The van der Waals surface area contributed by atoms with E-state index in [1.54, 1.807) is 0 Å². The summed E-state index contributed by atoms with van der Waals surface area (Å²) < 4.78 is 6.59. The van der Waals surface area contributed by atoms with Crippen LogP contribution in [0.25, 0.3) is 16.7 Å². The second-order valence-electron chi connectivity index (χ2n) is 6.36. The number of ether oxygens (including phenoxy) is 1. The van der Waals surface area contributed by atoms with Gasteiger partial charge >= 0.3 is 0 Å². The first-order valence-electron chi connectivity index (χ1n) is 8.26. The van der Waals surface area contributed by atoms with Gasteiger partial charge in [-0.25, -0.2) is 0 Å². The normalized spacial score (nSPS) is 27.9. The summed E-state index contributed by atoms with van der Waals surface area (Å²) in [6.07, 6.45) is 7.53. The lowest BCUT2D eigenvalue weighted by Crippen LogP contribution is -2.54. The molecular weight excluding hydrogens is 272 g/mol. The van der Waals surface area contributed by atoms with Crippen LogP contribution in [0.2, 0.25) is 0 Å². The lowest BCUT2D eigenvalue weighted by molar-refractivity contribution is -0.0462. The van der Waals surface area contributed by atoms with Crippen molar-refractivity contribution in [3.05, 3.63) is 48.2 Å². The molecule has 22 heavy (non-hydrogen) atoms. The molecule has 2 aliphatic rings. The maximum absolute atomic E-state index is 6.59. The Labute approximate surface area is 131 Å². The van der Waals surface area contributed by atoms with E-state index in [1.807, 2.05) is 12.3 Å². The zero-order valence-corrected chi connectivity index (χ0v) is 13.0. The molecule has 1 N–H and O–H groups in total. The van der Waals surface area contributed by atoms with Crippen molar-refractivity contribution in [1.29, 1.82) is 0 Å². The fourth-order valence-corrected chi connectivity index (χ4v) is 3.91. The Balaban J connectivity index is 1.77. The molecule has 0 aliphatic carbocycles. The molecule has 0 unspecified atom stereocenters. The monoisotopic (exact) mass is 294 g/mol. The third kappa shape index (κ3) is 2.12. The molecule has 2 aromatic rings. The van der Waals surface area contributed by atoms with Gasteiger partial charge in [0.2, 0.25) is 0 Å². The molecule has 4 rings (SSSR count). The minimum Gasteiger partial charge on any atom is -0.485 e. The second-order valence-corrected chi connectivity index (χ2v) is 6.36. The van der Waals surface area contributed by atoms with E-state index >= 15 is 0 Å². The van der Waals surface area contributed by atoms with Crippen LogP contribution in [-0.2, 0) is 4.74 Å². The largest absolute Gasteiger partial charge is 0.485 e. The Hall–Kier alpha value is -1.87. The lowest BCUT2D eigenvalue weighted by Gasteiger charge is -2.47. The van der Waals surface area contributed by atoms with E-state index in [4.69, 9.17) is 4.74 Å². The standard InChI is InChI=1S/C19H22N2O/c1-2-19-13-20-11-9-14(19)7-8-18(22-19)16-10-12-21-17-6-4-3-5-15(16)17/h3-6,8,10,12,14,20H,2,7,9,11,13H2,1H3/t14-,19+/m1/s1. The Morgan fingerprint density at radius 1 is 1.32 bits per heavy atom. The Morgan fingerprint density at radius 2 is 2.23 bits per heavy atom. The number of fused-ring (bicyclic) bond motifs is 2. The van der Waals surface area contributed by atoms with E-state index in [-0.39, 0.29) is 5.60 Å². The van der Waals surface area contributed by atoms with Crippen LogP contribution < -0.4 is 5.32 Å². The second kappa shape index (κ2) is 5.40. The molecule has 3 heterocycles. The van der Waals surface area contributed by atoms with Gasteiger partial charge in [0.05, 0.1) is 5.52 Å². The van der Waals surface area contributed by atoms with Crippen molar-refractivity contribution in [3.8, 4) is 0 Å². The average Bonchev–Trinajstić information content (AvgIpc) is 2.60. The van der Waals surface area contributed by atoms with Crippen molar-refractivity contribution >= 4 is 16.7 Å². The number of aromatic nitrogens is 1. The summed E-state index contributed by atoms with van der Waals surface area (Å²) in [5.74, 6) is 1.66. The quantitative estimate of drug-likeness (QED) is 0.916. The molecule has 1 fully saturated rings. The van der Waals surface area contributed by atoms with Crippen LogP contribution in [-0.4, -0.2) is 23.7 Å². The minimum absolute atomic E-state index is 0.0489. The maximum atomic E-state index is 6.59. The smallest absolute Gasteiger partial charge is 0.124 e. The van der Waals surface area contributed by atoms with Gasteiger partial charge in [0, 0.05) is 29.6 Å². The molecule has 0 spiro atoms. The number of nitrogens with zero attached hydrogens (tertiary/aromatic N) is 1. The van der Waals surface area contributed by atoms with E-state index in [0.29, 0.717) is 5.92 Å². The van der Waals surface area contributed by atoms with Crippen LogP contribution in [0.4, 0.5) is 0 Å². The number of hydrogen-bond acceptors (Lipinski definition) is 3. The molecule has 3 heteroatoms. The predicted molar refractivity (Wildman–Crippen MR) is 89.4 cm³/mol. The van der Waals surface area contributed by atoms with Gasteiger partial charge in [-0.1, -0.05) is 25.1 Å². The first kappa shape index (κ1) is 13.8. The van der Waals surface area contributed by atoms with Gasteiger partial charge in [-0.2, -0.15) is 0 Å². The van der Waals surface area contributed by atoms with Gasteiger partial charge in [-0.15, -0.1) is 0 Å². The SMILES string of the molecule is CC[C@]12CNCC[C@H]1CC=C(c1ccnc3ccccc13)O2. The molecule has 1 saturated heterocycles. The molecule has 0 saturated carbocycles. The molecule has 2 aliphatic heterocycles. The van der Waals surface area contributed by atoms with Crippen LogP contribution in [0.15, 0.2) is 42.6 Å². The summed E-state index contributed by atoms with van der Waals surface area (Å²) in [6.45, 7) is 4.30. The van der Waals surface area contributed by atoms with Gasteiger partial charge in [0.15, 0.2) is 0 Å². The van der Waals surface area contributed by atoms with E-state index < -0.39 is 0 Å². The Morgan fingerprint density at radius 3 is 3.14 bits per heavy atom. The van der Waals surface area contributed by atoms with Crippen LogP contribution in [0, 0.1) is 5.92 Å². The molecule has 0 bridgehead atoms. The number of pyridine rings is 1. The molecule has 1 aromatic heterocycles. The van der Waals surface area contributed by atoms with Gasteiger partial charge in [-0.05, 0) is 44.0 Å². The van der Waals surface area contributed by atoms with Crippen molar-refractivity contribution in [2.24, 2.45) is 5.92 Å². The summed E-state index contributed by atoms with van der Waals surface area (Å²) in [6, 6.07) is 10.4. The van der Waals surface area contributed by atoms with Crippen LogP contribution >= 0.6 is 0 Å². The topological polar surface area (TPSA) is 34.2 Å². The van der Waals surface area contributed by atoms with Gasteiger partial charge < -0.3 is 10.1 Å². The first-order chi connectivity index (χ1) is 10.8. The highest BCUT2D eigenvalue weighted by molar-refractivity contribution is 5.90. The average molecular weight is 294 g/mol. The van der Waals surface area contributed by atoms with E-state index in [9.17, 15) is 0 Å². The van der Waals surface area contributed by atoms with Gasteiger partial charge in [-0.3, -0.25) is 4.98 Å². The number of nitrogens with one attached hydrogen (secondary N) is 1. The third-order valence-electron chi connectivity index (χ3n) is 5.25. The van der Waals surface area contributed by atoms with Gasteiger partial charge in [0.1, 0.15) is 11.4 Å². The number of para-hydroxylation sites is 1. The van der Waals surface area contributed by atoms with Crippen LogP contribution in [0.5, 0.6) is 0 Å². The maximum Gasteiger partial charge on any atom is 0.124 e. The number of allylic oxidation sites excluding steroid dienone is 1. The highest BCUT2D eigenvalue weighted by atomic mass is 16.5. The number of rotatable bonds is 2. The summed E-state index contributed by atoms with van der Waals surface area (Å²) in [5, 5.41) is 4.69. The van der Waals surface area contributed by atoms with E-state index in [2.05, 4.69) is 47.6 Å². The Kier molecular flexibility index (Phi) is 3.38. The summed E-state index contributed by atoms with van der Waals surface area (Å²) in [7, 11) is 0. The zero-order chi connectivity index (χ0) is 15.0. The number of piperidine rings is 1. The van der Waals surface area contributed by atoms with Crippen molar-refractivity contribution in [3.63, 3.8) is 0 Å². The molecule has 0 amide bonds. The first-order valence-corrected chi connectivity index (χ1v) is 8.26. The summed E-state index contributed by atoms with van der Waals surface area (Å²) >= 11 is 0. The molecular formula is C19H22N2O. The summed E-state index contributed by atoms with van der Waals surface area (Å²) in [4.78, 5) is 4.46. The van der Waals surface area contributed by atoms with Crippen molar-refractivity contribution in [1.82, 2.24) is 10.3 Å². The number of benzene rings is 1. The fourth-order valence-electron chi connectivity index (χ4n) is 3.91. The van der Waals surface area contributed by atoms with Crippen LogP contribution in [0.3, 0.4) is 0 Å². The fraction of sp³-hybridized carbons (Fsp3) is 0.421. The van der Waals surface area contributed by atoms with Crippen LogP contribution in [0.1, 0.15) is 31.7 Å². The van der Waals surface area contributed by atoms with E-state index in [0.717, 1.165) is 37.2 Å². The lowest BCUT2D eigenvalue weighted by atomic mass is 9.76. The Bertz CT molecular complexity index is 719. The highest BCUT2D eigenvalue weighted by Gasteiger charge is 2.43. The molecule has 114 valence electrons. The third-order valence-corrected chi connectivity index (χ3v) is 5.25. The molecule has 3 nitrogen and oxygen atoms in total. The highest BCUT2D eigenvalue weighted by Crippen LogP contribution is 2.42. The predicted octanol–water partition coefficient (Wildman–Crippen LogP) is 3.75. The summed E-state index contributed by atoms with van der Waals surface area (Å²) in [5.41, 5.74) is 2.15. The number of hydrogen-bond donors (Lipinski definition) is 1. The zero-order valence-electron chi connectivity index (χ0n) is 13.0. The molecule has 0 radical (unpaired) electrons. The van der Waals surface area contributed by atoms with Gasteiger partial charge in [0.25, 0.3) is 0 Å². The minimum atomic E-state index is -0.0489. The molecule has 2 atom stereocenters. The van der Waals surface area contributed by atoms with Crippen molar-refractivity contribution < 1.29 is 4.74 Å².